The third-order valence-electron chi connectivity index (χ3n) is 4.59. The number of carbonyl (C=O) groups is 2. The maximum Gasteiger partial charge on any atom is 0.315 e. The molecule has 1 fully saturated rings. The molecule has 0 saturated heterocycles. The lowest BCUT2D eigenvalue weighted by molar-refractivity contribution is -0.130. The fraction of sp³-hybridized carbons (Fsp3) is 0.579. The summed E-state index contributed by atoms with van der Waals surface area (Å²) in [5, 5.41) is 5.77. The highest BCUT2D eigenvalue weighted by molar-refractivity contribution is 5.78. The van der Waals surface area contributed by atoms with Crippen LogP contribution in [-0.2, 0) is 11.3 Å². The van der Waals surface area contributed by atoms with Crippen molar-refractivity contribution in [1.29, 1.82) is 0 Å². The number of benzene rings is 1. The predicted molar refractivity (Wildman–Crippen MR) is 97.5 cm³/mol. The van der Waals surface area contributed by atoms with Gasteiger partial charge in [-0.1, -0.05) is 37.5 Å². The minimum Gasteiger partial charge on any atom is -0.496 e. The Morgan fingerprint density at radius 2 is 1.92 bits per heavy atom. The summed E-state index contributed by atoms with van der Waals surface area (Å²) in [5.41, 5.74) is 0.962. The Morgan fingerprint density at radius 3 is 2.64 bits per heavy atom. The highest BCUT2D eigenvalue weighted by Crippen LogP contribution is 2.19. The molecule has 6 heteroatoms. The van der Waals surface area contributed by atoms with Gasteiger partial charge in [0, 0.05) is 38.2 Å². The van der Waals surface area contributed by atoms with Crippen molar-refractivity contribution in [3.63, 3.8) is 0 Å². The number of nitrogens with one attached hydrogen (secondary N) is 2. The van der Waals surface area contributed by atoms with Gasteiger partial charge in [-0.2, -0.15) is 0 Å². The van der Waals surface area contributed by atoms with Gasteiger partial charge in [0.05, 0.1) is 7.11 Å². The first-order chi connectivity index (χ1) is 12.1. The Morgan fingerprint density at radius 1 is 1.20 bits per heavy atom. The van der Waals surface area contributed by atoms with Gasteiger partial charge < -0.3 is 20.3 Å². The van der Waals surface area contributed by atoms with Crippen LogP contribution in [0.1, 0.15) is 44.1 Å². The molecule has 25 heavy (non-hydrogen) atoms. The molecule has 0 heterocycles. The normalized spacial score (nSPS) is 14.6. The van der Waals surface area contributed by atoms with E-state index in [2.05, 4.69) is 10.6 Å². The average molecular weight is 347 g/mol. The van der Waals surface area contributed by atoms with E-state index in [9.17, 15) is 9.59 Å². The van der Waals surface area contributed by atoms with Crippen molar-refractivity contribution < 1.29 is 14.3 Å². The van der Waals surface area contributed by atoms with E-state index in [0.717, 1.165) is 24.2 Å². The summed E-state index contributed by atoms with van der Waals surface area (Å²) < 4.78 is 5.31. The molecule has 0 atom stereocenters. The van der Waals surface area contributed by atoms with Gasteiger partial charge in [-0.15, -0.1) is 0 Å². The summed E-state index contributed by atoms with van der Waals surface area (Å²) in [5.74, 6) is 0.760. The van der Waals surface area contributed by atoms with Crippen LogP contribution in [0.2, 0.25) is 0 Å². The summed E-state index contributed by atoms with van der Waals surface area (Å²) in [6.07, 6.45) is 5.99. The first-order valence-corrected chi connectivity index (χ1v) is 9.00. The van der Waals surface area contributed by atoms with Crippen molar-refractivity contribution in [1.82, 2.24) is 15.5 Å². The number of hydrogen-bond donors (Lipinski definition) is 2. The molecule has 138 valence electrons. The molecular formula is C19H29N3O3. The number of para-hydroxylation sites is 1. The highest BCUT2D eigenvalue weighted by atomic mass is 16.5. The Hall–Kier alpha value is -2.24. The van der Waals surface area contributed by atoms with Crippen molar-refractivity contribution in [2.45, 2.75) is 51.1 Å². The zero-order valence-electron chi connectivity index (χ0n) is 15.2. The number of amides is 3. The molecule has 1 aliphatic rings. The van der Waals surface area contributed by atoms with Crippen LogP contribution >= 0.6 is 0 Å². The van der Waals surface area contributed by atoms with Gasteiger partial charge in [0.25, 0.3) is 0 Å². The second kappa shape index (κ2) is 9.91. The maximum atomic E-state index is 12.2. The van der Waals surface area contributed by atoms with Gasteiger partial charge in [-0.05, 0) is 18.9 Å². The summed E-state index contributed by atoms with van der Waals surface area (Å²) in [7, 11) is 3.38. The SMILES string of the molecule is COc1ccccc1CN(C)C(=O)CCNC(=O)NC1CCCCC1. The number of carbonyl (C=O) groups excluding carboxylic acids is 2. The zero-order chi connectivity index (χ0) is 18.1. The molecule has 3 amide bonds. The van der Waals surface area contributed by atoms with Gasteiger partial charge >= 0.3 is 6.03 Å². The van der Waals surface area contributed by atoms with Gasteiger partial charge in [0.1, 0.15) is 5.75 Å². The predicted octanol–water partition coefficient (Wildman–Crippen LogP) is 2.68. The number of urea groups is 1. The lowest BCUT2D eigenvalue weighted by Gasteiger charge is -2.23. The van der Waals surface area contributed by atoms with Gasteiger partial charge in [-0.3, -0.25) is 4.79 Å². The van der Waals surface area contributed by atoms with E-state index in [1.54, 1.807) is 19.1 Å². The van der Waals surface area contributed by atoms with E-state index in [0.29, 0.717) is 13.1 Å². The Kier molecular flexibility index (Phi) is 7.57. The number of methoxy groups -OCH3 is 1. The van der Waals surface area contributed by atoms with Crippen LogP contribution in [0, 0.1) is 0 Å². The van der Waals surface area contributed by atoms with E-state index < -0.39 is 0 Å². The van der Waals surface area contributed by atoms with Crippen molar-refractivity contribution in [3.8, 4) is 5.75 Å². The minimum absolute atomic E-state index is 0.0103. The van der Waals surface area contributed by atoms with E-state index >= 15 is 0 Å². The van der Waals surface area contributed by atoms with E-state index in [1.165, 1.54) is 19.3 Å². The molecular weight excluding hydrogens is 318 g/mol. The first-order valence-electron chi connectivity index (χ1n) is 9.00. The Bertz CT molecular complexity index is 571. The summed E-state index contributed by atoms with van der Waals surface area (Å²) in [6, 6.07) is 7.75. The topological polar surface area (TPSA) is 70.7 Å². The first kappa shape index (κ1) is 19.1. The van der Waals surface area contributed by atoms with Gasteiger partial charge in [0.15, 0.2) is 0 Å². The Balaban J connectivity index is 1.69. The second-order valence-electron chi connectivity index (χ2n) is 6.55. The van der Waals surface area contributed by atoms with Crippen molar-refractivity contribution >= 4 is 11.9 Å². The zero-order valence-corrected chi connectivity index (χ0v) is 15.2. The van der Waals surface area contributed by atoms with Gasteiger partial charge in [0.2, 0.25) is 5.91 Å². The Labute approximate surface area is 149 Å². The average Bonchev–Trinajstić information content (AvgIpc) is 2.62. The number of hydrogen-bond acceptors (Lipinski definition) is 3. The maximum absolute atomic E-state index is 12.2. The molecule has 1 aromatic rings. The van der Waals surface area contributed by atoms with Crippen LogP contribution in [0.3, 0.4) is 0 Å². The van der Waals surface area contributed by atoms with E-state index in [-0.39, 0.29) is 24.4 Å². The van der Waals surface area contributed by atoms with Crippen LogP contribution in [-0.4, -0.2) is 43.6 Å². The van der Waals surface area contributed by atoms with E-state index in [1.807, 2.05) is 24.3 Å². The third kappa shape index (κ3) is 6.29. The van der Waals surface area contributed by atoms with Crippen LogP contribution in [0.25, 0.3) is 0 Å². The fourth-order valence-electron chi connectivity index (χ4n) is 3.13. The molecule has 2 N–H and O–H groups in total. The molecule has 1 aliphatic carbocycles. The lowest BCUT2D eigenvalue weighted by atomic mass is 9.96. The standard InChI is InChI=1S/C19H29N3O3/c1-22(14-15-8-6-7-11-17(15)25-2)18(23)12-13-20-19(24)21-16-9-4-3-5-10-16/h6-8,11,16H,3-5,9-10,12-14H2,1-2H3,(H2,20,21,24). The van der Waals surface area contributed by atoms with Crippen molar-refractivity contribution in [2.24, 2.45) is 0 Å². The molecule has 0 radical (unpaired) electrons. The molecule has 0 bridgehead atoms. The molecule has 0 unspecified atom stereocenters. The van der Waals surface area contributed by atoms with Crippen molar-refractivity contribution in [2.75, 3.05) is 20.7 Å². The number of rotatable bonds is 7. The lowest BCUT2D eigenvalue weighted by Crippen LogP contribution is -2.43. The second-order valence-corrected chi connectivity index (χ2v) is 6.55. The van der Waals surface area contributed by atoms with Crippen LogP contribution in [0.4, 0.5) is 4.79 Å². The summed E-state index contributed by atoms with van der Waals surface area (Å²) in [4.78, 5) is 25.8. The van der Waals surface area contributed by atoms with Crippen molar-refractivity contribution in [3.05, 3.63) is 29.8 Å². The largest absolute Gasteiger partial charge is 0.496 e. The number of nitrogens with zero attached hydrogens (tertiary/aromatic N) is 1. The quantitative estimate of drug-likeness (QED) is 0.797. The molecule has 6 nitrogen and oxygen atoms in total. The third-order valence-corrected chi connectivity index (χ3v) is 4.59. The van der Waals surface area contributed by atoms with E-state index in [4.69, 9.17) is 4.74 Å². The summed E-state index contributed by atoms with van der Waals surface area (Å²) in [6.45, 7) is 0.824. The molecule has 2 rings (SSSR count). The minimum atomic E-state index is -0.174. The molecule has 1 aromatic carbocycles. The summed E-state index contributed by atoms with van der Waals surface area (Å²) >= 11 is 0. The molecule has 0 aromatic heterocycles. The molecule has 0 aliphatic heterocycles. The monoisotopic (exact) mass is 347 g/mol. The van der Waals surface area contributed by atoms with Crippen LogP contribution in [0.15, 0.2) is 24.3 Å². The smallest absolute Gasteiger partial charge is 0.315 e. The van der Waals surface area contributed by atoms with Crippen LogP contribution in [0.5, 0.6) is 5.75 Å². The molecule has 1 saturated carbocycles. The highest BCUT2D eigenvalue weighted by Gasteiger charge is 2.16. The molecule has 0 spiro atoms. The fourth-order valence-corrected chi connectivity index (χ4v) is 3.13. The van der Waals surface area contributed by atoms with Crippen LogP contribution < -0.4 is 15.4 Å². The van der Waals surface area contributed by atoms with Gasteiger partial charge in [-0.25, -0.2) is 4.79 Å². The number of ether oxygens (including phenoxy) is 1.